The predicted molar refractivity (Wildman–Crippen MR) is 108 cm³/mol. The zero-order valence-corrected chi connectivity index (χ0v) is 16.1. The van der Waals surface area contributed by atoms with Crippen molar-refractivity contribution in [3.05, 3.63) is 65.7 Å². The van der Waals surface area contributed by atoms with Crippen LogP contribution in [0, 0.1) is 0 Å². The van der Waals surface area contributed by atoms with Gasteiger partial charge in [0.15, 0.2) is 0 Å². The molecule has 3 amide bonds. The maximum Gasteiger partial charge on any atom is 0.253 e. The van der Waals surface area contributed by atoms with Crippen LogP contribution >= 0.6 is 0 Å². The van der Waals surface area contributed by atoms with Gasteiger partial charge in [0.25, 0.3) is 5.91 Å². The number of para-hydroxylation sites is 1. The summed E-state index contributed by atoms with van der Waals surface area (Å²) in [4.78, 5) is 37.6. The van der Waals surface area contributed by atoms with Crippen LogP contribution in [-0.2, 0) is 9.59 Å². The van der Waals surface area contributed by atoms with Crippen LogP contribution in [0.25, 0.3) is 6.08 Å². The minimum atomic E-state index is -0.440. The molecule has 0 aliphatic rings. The third-order valence-corrected chi connectivity index (χ3v) is 3.87. The summed E-state index contributed by atoms with van der Waals surface area (Å²) >= 11 is 0. The quantitative estimate of drug-likeness (QED) is 0.720. The molecule has 146 valence electrons. The van der Waals surface area contributed by atoms with Gasteiger partial charge in [-0.3, -0.25) is 14.4 Å². The Bertz CT molecular complexity index is 873. The molecule has 0 bridgehead atoms. The molecule has 2 N–H and O–H groups in total. The van der Waals surface area contributed by atoms with Crippen molar-refractivity contribution in [2.45, 2.75) is 0 Å². The lowest BCUT2D eigenvalue weighted by Crippen LogP contribution is -2.36. The lowest BCUT2D eigenvalue weighted by Gasteiger charge is -2.13. The highest BCUT2D eigenvalue weighted by Gasteiger charge is 2.13. The smallest absolute Gasteiger partial charge is 0.253 e. The maximum absolute atomic E-state index is 12.4. The van der Waals surface area contributed by atoms with Gasteiger partial charge in [-0.15, -0.1) is 0 Å². The minimum absolute atomic E-state index is 0.120. The Hall–Kier alpha value is -3.61. The van der Waals surface area contributed by atoms with E-state index in [1.165, 1.54) is 11.0 Å². The van der Waals surface area contributed by atoms with Crippen LogP contribution in [0.4, 0.5) is 5.69 Å². The summed E-state index contributed by atoms with van der Waals surface area (Å²) < 4.78 is 5.09. The Morgan fingerprint density at radius 2 is 1.71 bits per heavy atom. The summed E-state index contributed by atoms with van der Waals surface area (Å²) in [5.74, 6) is -0.308. The molecule has 0 radical (unpaired) electrons. The van der Waals surface area contributed by atoms with E-state index in [2.05, 4.69) is 10.6 Å². The van der Waals surface area contributed by atoms with Crippen molar-refractivity contribution < 1.29 is 19.1 Å². The number of carbonyl (C=O) groups is 3. The van der Waals surface area contributed by atoms with Crippen molar-refractivity contribution in [2.24, 2.45) is 0 Å². The molecule has 2 rings (SSSR count). The van der Waals surface area contributed by atoms with Crippen LogP contribution in [0.3, 0.4) is 0 Å². The van der Waals surface area contributed by atoms with Crippen LogP contribution < -0.4 is 15.4 Å². The summed E-state index contributed by atoms with van der Waals surface area (Å²) in [5.41, 5.74) is 1.48. The summed E-state index contributed by atoms with van der Waals surface area (Å²) in [5, 5.41) is 5.24. The summed E-state index contributed by atoms with van der Waals surface area (Å²) in [7, 11) is 4.80. The highest BCUT2D eigenvalue weighted by Crippen LogP contribution is 2.16. The van der Waals surface area contributed by atoms with Crippen molar-refractivity contribution in [1.82, 2.24) is 10.2 Å². The zero-order chi connectivity index (χ0) is 20.5. The van der Waals surface area contributed by atoms with Gasteiger partial charge >= 0.3 is 0 Å². The molecule has 0 saturated heterocycles. The van der Waals surface area contributed by atoms with E-state index >= 15 is 0 Å². The average Bonchev–Trinajstić information content (AvgIpc) is 2.70. The standard InChI is InChI=1S/C21H23N3O4/c1-24(2)20(26)14-22-21(27)17-6-4-5-7-18(17)23-19(25)13-10-15-8-11-16(28-3)12-9-15/h4-13H,14H2,1-3H3,(H,22,27)(H,23,25). The number of ether oxygens (including phenoxy) is 1. The van der Waals surface area contributed by atoms with Gasteiger partial charge in [-0.25, -0.2) is 0 Å². The highest BCUT2D eigenvalue weighted by molar-refractivity contribution is 6.08. The summed E-state index contributed by atoms with van der Waals surface area (Å²) in [6.45, 7) is -0.120. The number of anilines is 1. The molecule has 2 aromatic carbocycles. The van der Waals surface area contributed by atoms with Crippen molar-refractivity contribution in [1.29, 1.82) is 0 Å². The van der Waals surface area contributed by atoms with Crippen LogP contribution in [0.5, 0.6) is 5.75 Å². The third-order valence-electron chi connectivity index (χ3n) is 3.87. The number of likely N-dealkylation sites (N-methyl/N-ethyl adjacent to an activating group) is 1. The third kappa shape index (κ3) is 5.98. The van der Waals surface area contributed by atoms with E-state index in [0.29, 0.717) is 5.69 Å². The molecule has 0 unspecified atom stereocenters. The first kappa shape index (κ1) is 20.7. The first-order chi connectivity index (χ1) is 13.4. The van der Waals surface area contributed by atoms with Crippen LogP contribution in [0.15, 0.2) is 54.6 Å². The molecule has 0 spiro atoms. The maximum atomic E-state index is 12.4. The van der Waals surface area contributed by atoms with Gasteiger partial charge in [-0.1, -0.05) is 24.3 Å². The Labute approximate surface area is 164 Å². The number of hydrogen-bond donors (Lipinski definition) is 2. The molecule has 0 saturated carbocycles. The van der Waals surface area contributed by atoms with Gasteiger partial charge in [0.2, 0.25) is 11.8 Å². The Kier molecular flexibility index (Phi) is 7.33. The second-order valence-electron chi connectivity index (χ2n) is 6.11. The number of rotatable bonds is 7. The lowest BCUT2D eigenvalue weighted by atomic mass is 10.1. The predicted octanol–water partition coefficient (Wildman–Crippen LogP) is 2.17. The molecular weight excluding hydrogens is 358 g/mol. The molecule has 0 atom stereocenters. The van der Waals surface area contributed by atoms with Gasteiger partial charge in [0.1, 0.15) is 5.75 Å². The fraction of sp³-hybridized carbons (Fsp3) is 0.190. The number of nitrogens with zero attached hydrogens (tertiary/aromatic N) is 1. The highest BCUT2D eigenvalue weighted by atomic mass is 16.5. The summed E-state index contributed by atoms with van der Waals surface area (Å²) in [6, 6.07) is 13.9. The second-order valence-corrected chi connectivity index (χ2v) is 6.11. The Morgan fingerprint density at radius 3 is 2.36 bits per heavy atom. The van der Waals surface area contributed by atoms with E-state index in [1.807, 2.05) is 12.1 Å². The SMILES string of the molecule is COc1ccc(C=CC(=O)Nc2ccccc2C(=O)NCC(=O)N(C)C)cc1. The molecule has 2 aromatic rings. The van der Waals surface area contributed by atoms with Crippen molar-refractivity contribution in [2.75, 3.05) is 33.1 Å². The van der Waals surface area contributed by atoms with E-state index in [9.17, 15) is 14.4 Å². The van der Waals surface area contributed by atoms with Crippen molar-refractivity contribution >= 4 is 29.5 Å². The number of nitrogens with one attached hydrogen (secondary N) is 2. The monoisotopic (exact) mass is 381 g/mol. The number of methoxy groups -OCH3 is 1. The molecule has 0 heterocycles. The van der Waals surface area contributed by atoms with Gasteiger partial charge in [0.05, 0.1) is 24.9 Å². The normalized spacial score (nSPS) is 10.4. The molecule has 28 heavy (non-hydrogen) atoms. The zero-order valence-electron chi connectivity index (χ0n) is 16.1. The van der Waals surface area contributed by atoms with Crippen LogP contribution in [-0.4, -0.2) is 50.4 Å². The fourth-order valence-corrected chi connectivity index (χ4v) is 2.26. The van der Waals surface area contributed by atoms with E-state index in [0.717, 1.165) is 11.3 Å². The topological polar surface area (TPSA) is 87.7 Å². The van der Waals surface area contributed by atoms with Gasteiger partial charge in [-0.2, -0.15) is 0 Å². The van der Waals surface area contributed by atoms with Crippen molar-refractivity contribution in [3.8, 4) is 5.75 Å². The average molecular weight is 381 g/mol. The van der Waals surface area contributed by atoms with Crippen LogP contribution in [0.1, 0.15) is 15.9 Å². The van der Waals surface area contributed by atoms with Crippen molar-refractivity contribution in [3.63, 3.8) is 0 Å². The van der Waals surface area contributed by atoms with Gasteiger partial charge in [0, 0.05) is 20.2 Å². The Morgan fingerprint density at radius 1 is 1.04 bits per heavy atom. The molecule has 7 nitrogen and oxygen atoms in total. The molecule has 0 aliphatic heterocycles. The molecule has 0 aromatic heterocycles. The van der Waals surface area contributed by atoms with Gasteiger partial charge in [-0.05, 0) is 35.9 Å². The first-order valence-electron chi connectivity index (χ1n) is 8.61. The number of amides is 3. The molecule has 0 aliphatic carbocycles. The van der Waals surface area contributed by atoms with E-state index in [1.54, 1.807) is 63.7 Å². The molecule has 0 fully saturated rings. The number of benzene rings is 2. The molecular formula is C21H23N3O4. The first-order valence-corrected chi connectivity index (χ1v) is 8.61. The van der Waals surface area contributed by atoms with E-state index in [4.69, 9.17) is 4.74 Å². The Balaban J connectivity index is 2.03. The largest absolute Gasteiger partial charge is 0.497 e. The number of carbonyl (C=O) groups excluding carboxylic acids is 3. The van der Waals surface area contributed by atoms with E-state index in [-0.39, 0.29) is 23.9 Å². The number of hydrogen-bond acceptors (Lipinski definition) is 4. The fourth-order valence-electron chi connectivity index (χ4n) is 2.26. The minimum Gasteiger partial charge on any atom is -0.497 e. The lowest BCUT2D eigenvalue weighted by molar-refractivity contribution is -0.127. The second kappa shape index (κ2) is 9.91. The van der Waals surface area contributed by atoms with E-state index < -0.39 is 5.91 Å². The molecule has 7 heteroatoms. The van der Waals surface area contributed by atoms with Gasteiger partial charge < -0.3 is 20.3 Å². The van der Waals surface area contributed by atoms with Crippen LogP contribution in [0.2, 0.25) is 0 Å². The summed E-state index contributed by atoms with van der Waals surface area (Å²) in [6.07, 6.45) is 3.04.